The van der Waals surface area contributed by atoms with E-state index in [1.807, 2.05) is 30.3 Å². The van der Waals surface area contributed by atoms with Crippen molar-refractivity contribution < 1.29 is 4.74 Å². The van der Waals surface area contributed by atoms with Gasteiger partial charge < -0.3 is 14.2 Å². The Hall–Kier alpha value is -3.48. The molecule has 7 heteroatoms. The standard InChI is InChI=1S/C24H26N6O/c1-15(2)22-26-27-23-16(3)29(13-14-30(22)23)24-20-8-6-5-7-19(20)21(25-28-24)17-9-11-18(31-4)12-10-17/h5-12,15-16H,13-14H2,1-4H3. The molecule has 0 aliphatic carbocycles. The highest BCUT2D eigenvalue weighted by Gasteiger charge is 2.31. The Labute approximate surface area is 181 Å². The Morgan fingerprint density at radius 1 is 0.903 bits per heavy atom. The van der Waals surface area contributed by atoms with E-state index < -0.39 is 0 Å². The molecule has 7 nitrogen and oxygen atoms in total. The number of methoxy groups -OCH3 is 1. The van der Waals surface area contributed by atoms with Gasteiger partial charge in [-0.25, -0.2) is 0 Å². The molecule has 0 saturated heterocycles. The van der Waals surface area contributed by atoms with E-state index in [1.165, 1.54) is 0 Å². The summed E-state index contributed by atoms with van der Waals surface area (Å²) in [5, 5.41) is 20.5. The fourth-order valence-corrected chi connectivity index (χ4v) is 4.39. The molecule has 31 heavy (non-hydrogen) atoms. The molecule has 0 spiro atoms. The Bertz CT molecular complexity index is 1230. The van der Waals surface area contributed by atoms with Gasteiger partial charge >= 0.3 is 0 Å². The van der Waals surface area contributed by atoms with Gasteiger partial charge in [0.05, 0.1) is 13.2 Å². The van der Waals surface area contributed by atoms with Crippen molar-refractivity contribution in [2.24, 2.45) is 0 Å². The van der Waals surface area contributed by atoms with Crippen molar-refractivity contribution in [3.63, 3.8) is 0 Å². The predicted molar refractivity (Wildman–Crippen MR) is 121 cm³/mol. The van der Waals surface area contributed by atoms with Crippen LogP contribution in [0.15, 0.2) is 48.5 Å². The van der Waals surface area contributed by atoms with Crippen molar-refractivity contribution in [2.75, 3.05) is 18.6 Å². The number of rotatable bonds is 4. The molecular formula is C24H26N6O. The van der Waals surface area contributed by atoms with Crippen LogP contribution in [0.5, 0.6) is 5.75 Å². The molecule has 0 saturated carbocycles. The quantitative estimate of drug-likeness (QED) is 0.486. The largest absolute Gasteiger partial charge is 0.497 e. The van der Waals surface area contributed by atoms with Gasteiger partial charge in [-0.1, -0.05) is 38.1 Å². The third-order valence-electron chi connectivity index (χ3n) is 6.03. The van der Waals surface area contributed by atoms with Gasteiger partial charge in [-0.3, -0.25) is 0 Å². The molecule has 0 bridgehead atoms. The Balaban J connectivity index is 1.58. The fourth-order valence-electron chi connectivity index (χ4n) is 4.39. The van der Waals surface area contributed by atoms with Gasteiger partial charge in [0.25, 0.3) is 0 Å². The maximum atomic E-state index is 5.29. The lowest BCUT2D eigenvalue weighted by Gasteiger charge is -2.35. The summed E-state index contributed by atoms with van der Waals surface area (Å²) in [4.78, 5) is 2.29. The Kier molecular flexibility index (Phi) is 4.81. The first-order valence-corrected chi connectivity index (χ1v) is 10.7. The zero-order valence-corrected chi connectivity index (χ0v) is 18.3. The van der Waals surface area contributed by atoms with Crippen molar-refractivity contribution in [1.82, 2.24) is 25.0 Å². The van der Waals surface area contributed by atoms with Gasteiger partial charge in [0, 0.05) is 35.3 Å². The van der Waals surface area contributed by atoms with Crippen LogP contribution >= 0.6 is 0 Å². The molecule has 5 rings (SSSR count). The minimum Gasteiger partial charge on any atom is -0.497 e. The van der Waals surface area contributed by atoms with E-state index in [4.69, 9.17) is 9.84 Å². The summed E-state index contributed by atoms with van der Waals surface area (Å²) in [6, 6.07) is 16.3. The summed E-state index contributed by atoms with van der Waals surface area (Å²) in [5.74, 6) is 4.10. The zero-order valence-electron chi connectivity index (χ0n) is 18.3. The molecule has 1 unspecified atom stereocenters. The second-order valence-electron chi connectivity index (χ2n) is 8.24. The van der Waals surface area contributed by atoms with Crippen LogP contribution < -0.4 is 9.64 Å². The van der Waals surface area contributed by atoms with Crippen molar-refractivity contribution in [3.05, 3.63) is 60.2 Å². The second kappa shape index (κ2) is 7.65. The van der Waals surface area contributed by atoms with E-state index in [0.29, 0.717) is 5.92 Å². The number of aromatic nitrogens is 5. The lowest BCUT2D eigenvalue weighted by molar-refractivity contribution is 0.415. The molecule has 3 heterocycles. The molecule has 4 aromatic rings. The molecular weight excluding hydrogens is 388 g/mol. The summed E-state index contributed by atoms with van der Waals surface area (Å²) < 4.78 is 7.55. The molecule has 2 aromatic heterocycles. The van der Waals surface area contributed by atoms with Gasteiger partial charge in [0.2, 0.25) is 0 Å². The first kappa shape index (κ1) is 19.5. The molecule has 0 radical (unpaired) electrons. The van der Waals surface area contributed by atoms with Gasteiger partial charge in [0.15, 0.2) is 11.6 Å². The molecule has 1 aliphatic heterocycles. The highest BCUT2D eigenvalue weighted by Crippen LogP contribution is 2.36. The molecule has 0 N–H and O–H groups in total. The van der Waals surface area contributed by atoms with E-state index in [0.717, 1.165) is 58.3 Å². The average Bonchev–Trinajstić information content (AvgIpc) is 3.24. The van der Waals surface area contributed by atoms with Crippen LogP contribution in [0.3, 0.4) is 0 Å². The third-order valence-corrected chi connectivity index (χ3v) is 6.03. The van der Waals surface area contributed by atoms with Crippen LogP contribution in [0.1, 0.15) is 44.4 Å². The number of benzene rings is 2. The first-order chi connectivity index (χ1) is 15.1. The van der Waals surface area contributed by atoms with E-state index >= 15 is 0 Å². The van der Waals surface area contributed by atoms with Gasteiger partial charge in [-0.05, 0) is 31.2 Å². The number of hydrogen-bond acceptors (Lipinski definition) is 6. The minimum atomic E-state index is 0.0679. The number of anilines is 1. The SMILES string of the molecule is COc1ccc(-c2nnc(N3CCn4c(C(C)C)nnc4C3C)c3ccccc23)cc1. The second-order valence-corrected chi connectivity index (χ2v) is 8.24. The molecule has 0 amide bonds. The van der Waals surface area contributed by atoms with Gasteiger partial charge in [-0.2, -0.15) is 0 Å². The lowest BCUT2D eigenvalue weighted by Crippen LogP contribution is -2.38. The lowest BCUT2D eigenvalue weighted by atomic mass is 10.0. The molecule has 1 aliphatic rings. The molecule has 1 atom stereocenters. The van der Waals surface area contributed by atoms with Crippen molar-refractivity contribution in [1.29, 1.82) is 0 Å². The monoisotopic (exact) mass is 414 g/mol. The van der Waals surface area contributed by atoms with Crippen LogP contribution in [0, 0.1) is 0 Å². The van der Waals surface area contributed by atoms with Crippen LogP contribution in [0.25, 0.3) is 22.0 Å². The topological polar surface area (TPSA) is 69.0 Å². The first-order valence-electron chi connectivity index (χ1n) is 10.7. The van der Waals surface area contributed by atoms with Crippen molar-refractivity contribution in [3.8, 4) is 17.0 Å². The Morgan fingerprint density at radius 3 is 2.35 bits per heavy atom. The van der Waals surface area contributed by atoms with Crippen LogP contribution in [0.2, 0.25) is 0 Å². The van der Waals surface area contributed by atoms with Crippen molar-refractivity contribution >= 4 is 16.6 Å². The summed E-state index contributed by atoms with van der Waals surface area (Å²) in [5.41, 5.74) is 1.89. The van der Waals surface area contributed by atoms with Crippen molar-refractivity contribution in [2.45, 2.75) is 39.3 Å². The van der Waals surface area contributed by atoms with Crippen LogP contribution in [-0.4, -0.2) is 38.6 Å². The highest BCUT2D eigenvalue weighted by atomic mass is 16.5. The summed E-state index contributed by atoms with van der Waals surface area (Å²) in [6.45, 7) is 8.16. The number of ether oxygens (including phenoxy) is 1. The summed E-state index contributed by atoms with van der Waals surface area (Å²) in [6.07, 6.45) is 0. The van der Waals surface area contributed by atoms with Gasteiger partial charge in [-0.15, -0.1) is 20.4 Å². The maximum Gasteiger partial charge on any atom is 0.159 e. The zero-order chi connectivity index (χ0) is 21.5. The maximum absolute atomic E-state index is 5.29. The minimum absolute atomic E-state index is 0.0679. The molecule has 0 fully saturated rings. The third kappa shape index (κ3) is 3.21. The van der Waals surface area contributed by atoms with E-state index in [2.05, 4.69) is 63.7 Å². The van der Waals surface area contributed by atoms with E-state index in [9.17, 15) is 0 Å². The normalized spacial score (nSPS) is 16.0. The number of nitrogens with zero attached hydrogens (tertiary/aromatic N) is 6. The van der Waals surface area contributed by atoms with E-state index in [1.54, 1.807) is 7.11 Å². The summed E-state index contributed by atoms with van der Waals surface area (Å²) >= 11 is 0. The van der Waals surface area contributed by atoms with Gasteiger partial charge in [0.1, 0.15) is 17.3 Å². The Morgan fingerprint density at radius 2 is 1.65 bits per heavy atom. The number of hydrogen-bond donors (Lipinski definition) is 0. The predicted octanol–water partition coefficient (Wildman–Crippen LogP) is 4.60. The molecule has 158 valence electrons. The highest BCUT2D eigenvalue weighted by molar-refractivity contribution is 6.00. The average molecular weight is 415 g/mol. The smallest absolute Gasteiger partial charge is 0.159 e. The van der Waals surface area contributed by atoms with Crippen LogP contribution in [-0.2, 0) is 6.54 Å². The summed E-state index contributed by atoms with van der Waals surface area (Å²) in [7, 11) is 1.67. The molecule has 2 aromatic carbocycles. The fraction of sp³-hybridized carbons (Fsp3) is 0.333. The van der Waals surface area contributed by atoms with Crippen LogP contribution in [0.4, 0.5) is 5.82 Å². The van der Waals surface area contributed by atoms with E-state index in [-0.39, 0.29) is 6.04 Å². The number of fused-ring (bicyclic) bond motifs is 2.